The normalized spacial score (nSPS) is 10.8. The van der Waals surface area contributed by atoms with E-state index in [1.165, 1.54) is 5.56 Å². The van der Waals surface area contributed by atoms with Crippen molar-refractivity contribution in [3.8, 4) is 5.88 Å². The number of para-hydroxylation sites is 1. The van der Waals surface area contributed by atoms with Gasteiger partial charge in [-0.25, -0.2) is 4.98 Å². The molecule has 0 saturated heterocycles. The zero-order valence-electron chi connectivity index (χ0n) is 10.8. The molecular formula is C14H18N2O2. The summed E-state index contributed by atoms with van der Waals surface area (Å²) in [6, 6.07) is 10.1. The van der Waals surface area contributed by atoms with Gasteiger partial charge in [0.05, 0.1) is 12.1 Å². The van der Waals surface area contributed by atoms with Crippen LogP contribution in [0.5, 0.6) is 5.88 Å². The Morgan fingerprint density at radius 3 is 2.83 bits per heavy atom. The first kappa shape index (κ1) is 12.8. The molecule has 0 unspecified atom stereocenters. The third-order valence-electron chi connectivity index (χ3n) is 2.68. The van der Waals surface area contributed by atoms with E-state index in [2.05, 4.69) is 16.4 Å². The highest BCUT2D eigenvalue weighted by Crippen LogP contribution is 2.21. The predicted molar refractivity (Wildman–Crippen MR) is 71.9 cm³/mol. The molecule has 0 fully saturated rings. The number of nitrogens with zero attached hydrogens (tertiary/aromatic N) is 1. The fraction of sp³-hybridized carbons (Fsp3) is 0.357. The third kappa shape index (κ3) is 2.97. The zero-order valence-corrected chi connectivity index (χ0v) is 10.8. The molecule has 0 aliphatic heterocycles. The Morgan fingerprint density at radius 2 is 2.06 bits per heavy atom. The number of methoxy groups -OCH3 is 1. The number of aromatic nitrogens is 1. The number of nitrogens with one attached hydrogen (secondary N) is 1. The van der Waals surface area contributed by atoms with Crippen molar-refractivity contribution in [3.05, 3.63) is 35.9 Å². The van der Waals surface area contributed by atoms with Gasteiger partial charge in [-0.05, 0) is 18.7 Å². The SMILES string of the molecule is CNCc1cc(OCCOC)nc2ccccc12. The van der Waals surface area contributed by atoms with Gasteiger partial charge in [-0.2, -0.15) is 0 Å². The van der Waals surface area contributed by atoms with Crippen LogP contribution in [0.4, 0.5) is 0 Å². The van der Waals surface area contributed by atoms with E-state index in [0.717, 1.165) is 17.4 Å². The second-order valence-corrected chi connectivity index (χ2v) is 4.01. The first-order chi connectivity index (χ1) is 8.85. The lowest BCUT2D eigenvalue weighted by Crippen LogP contribution is -2.09. The van der Waals surface area contributed by atoms with Gasteiger partial charge in [-0.1, -0.05) is 18.2 Å². The predicted octanol–water partition coefficient (Wildman–Crippen LogP) is 1.98. The van der Waals surface area contributed by atoms with Crippen molar-refractivity contribution < 1.29 is 9.47 Å². The number of ether oxygens (including phenoxy) is 2. The standard InChI is InChI=1S/C14H18N2O2/c1-15-10-11-9-14(18-8-7-17-2)16-13-6-4-3-5-12(11)13/h3-6,9,15H,7-8,10H2,1-2H3. The second kappa shape index (κ2) is 6.33. The molecule has 0 amide bonds. The van der Waals surface area contributed by atoms with Crippen molar-refractivity contribution in [1.82, 2.24) is 10.3 Å². The lowest BCUT2D eigenvalue weighted by Gasteiger charge is -2.10. The molecule has 1 N–H and O–H groups in total. The summed E-state index contributed by atoms with van der Waals surface area (Å²) >= 11 is 0. The van der Waals surface area contributed by atoms with Gasteiger partial charge < -0.3 is 14.8 Å². The highest BCUT2D eigenvalue weighted by atomic mass is 16.5. The van der Waals surface area contributed by atoms with Gasteiger partial charge in [0.1, 0.15) is 6.61 Å². The summed E-state index contributed by atoms with van der Waals surface area (Å²) in [5.74, 6) is 0.649. The number of benzene rings is 1. The van der Waals surface area contributed by atoms with Crippen molar-refractivity contribution in [2.24, 2.45) is 0 Å². The molecule has 0 radical (unpaired) electrons. The van der Waals surface area contributed by atoms with Gasteiger partial charge in [-0.3, -0.25) is 0 Å². The van der Waals surface area contributed by atoms with Crippen LogP contribution in [-0.4, -0.2) is 32.4 Å². The molecule has 0 spiro atoms. The Morgan fingerprint density at radius 1 is 1.22 bits per heavy atom. The Balaban J connectivity index is 2.31. The molecule has 96 valence electrons. The summed E-state index contributed by atoms with van der Waals surface area (Å²) < 4.78 is 10.5. The lowest BCUT2D eigenvalue weighted by molar-refractivity contribution is 0.144. The smallest absolute Gasteiger partial charge is 0.214 e. The number of hydrogen-bond donors (Lipinski definition) is 1. The topological polar surface area (TPSA) is 43.4 Å². The molecule has 1 aromatic heterocycles. The molecule has 1 heterocycles. The minimum Gasteiger partial charge on any atom is -0.475 e. The third-order valence-corrected chi connectivity index (χ3v) is 2.68. The van der Waals surface area contributed by atoms with Crippen LogP contribution < -0.4 is 10.1 Å². The van der Waals surface area contributed by atoms with Gasteiger partial charge in [0.15, 0.2) is 0 Å². The molecule has 0 bridgehead atoms. The zero-order chi connectivity index (χ0) is 12.8. The van der Waals surface area contributed by atoms with Gasteiger partial charge >= 0.3 is 0 Å². The Kier molecular flexibility index (Phi) is 4.50. The minimum atomic E-state index is 0.515. The first-order valence-corrected chi connectivity index (χ1v) is 6.00. The van der Waals surface area contributed by atoms with E-state index in [9.17, 15) is 0 Å². The highest BCUT2D eigenvalue weighted by Gasteiger charge is 2.05. The van der Waals surface area contributed by atoms with Crippen molar-refractivity contribution in [2.45, 2.75) is 6.54 Å². The van der Waals surface area contributed by atoms with E-state index in [1.54, 1.807) is 7.11 Å². The molecule has 18 heavy (non-hydrogen) atoms. The number of pyridine rings is 1. The van der Waals surface area contributed by atoms with E-state index < -0.39 is 0 Å². The molecule has 4 nitrogen and oxygen atoms in total. The minimum absolute atomic E-state index is 0.515. The second-order valence-electron chi connectivity index (χ2n) is 4.01. The van der Waals surface area contributed by atoms with E-state index in [0.29, 0.717) is 19.1 Å². The van der Waals surface area contributed by atoms with Crippen LogP contribution in [0.2, 0.25) is 0 Å². The van der Waals surface area contributed by atoms with Crippen molar-refractivity contribution in [1.29, 1.82) is 0 Å². The van der Waals surface area contributed by atoms with E-state index >= 15 is 0 Å². The van der Waals surface area contributed by atoms with Crippen LogP contribution in [0.3, 0.4) is 0 Å². The summed E-state index contributed by atoms with van der Waals surface area (Å²) in [6.07, 6.45) is 0. The quantitative estimate of drug-likeness (QED) is 0.791. The van der Waals surface area contributed by atoms with Gasteiger partial charge in [0.25, 0.3) is 0 Å². The molecule has 4 heteroatoms. The van der Waals surface area contributed by atoms with Crippen LogP contribution in [0.25, 0.3) is 10.9 Å². The maximum absolute atomic E-state index is 5.58. The van der Waals surface area contributed by atoms with Crippen molar-refractivity contribution >= 4 is 10.9 Å². The summed E-state index contributed by atoms with van der Waals surface area (Å²) in [5.41, 5.74) is 2.15. The van der Waals surface area contributed by atoms with Crippen molar-refractivity contribution in [2.75, 3.05) is 27.4 Å². The molecule has 0 aliphatic carbocycles. The fourth-order valence-electron chi connectivity index (χ4n) is 1.86. The maximum atomic E-state index is 5.58. The van der Waals surface area contributed by atoms with Gasteiger partial charge in [0.2, 0.25) is 5.88 Å². The highest BCUT2D eigenvalue weighted by molar-refractivity contribution is 5.82. The average molecular weight is 246 g/mol. The van der Waals surface area contributed by atoms with Crippen LogP contribution in [-0.2, 0) is 11.3 Å². The summed E-state index contributed by atoms with van der Waals surface area (Å²) in [5, 5.41) is 4.32. The van der Waals surface area contributed by atoms with Crippen LogP contribution in [0, 0.1) is 0 Å². The van der Waals surface area contributed by atoms with E-state index in [4.69, 9.17) is 9.47 Å². The molecule has 1 aromatic carbocycles. The average Bonchev–Trinajstić information content (AvgIpc) is 2.39. The molecular weight excluding hydrogens is 228 g/mol. The Bertz CT molecular complexity index is 514. The number of hydrogen-bond acceptors (Lipinski definition) is 4. The monoisotopic (exact) mass is 246 g/mol. The van der Waals surface area contributed by atoms with E-state index in [1.807, 2.05) is 31.3 Å². The fourth-order valence-corrected chi connectivity index (χ4v) is 1.86. The van der Waals surface area contributed by atoms with Crippen LogP contribution in [0.1, 0.15) is 5.56 Å². The van der Waals surface area contributed by atoms with Crippen molar-refractivity contribution in [3.63, 3.8) is 0 Å². The van der Waals surface area contributed by atoms with Crippen LogP contribution >= 0.6 is 0 Å². The first-order valence-electron chi connectivity index (χ1n) is 6.00. The summed E-state index contributed by atoms with van der Waals surface area (Å²) in [4.78, 5) is 4.48. The molecule has 0 saturated carbocycles. The van der Waals surface area contributed by atoms with Crippen LogP contribution in [0.15, 0.2) is 30.3 Å². The lowest BCUT2D eigenvalue weighted by atomic mass is 10.1. The molecule has 0 aliphatic rings. The number of rotatable bonds is 6. The Labute approximate surface area is 107 Å². The molecule has 0 atom stereocenters. The van der Waals surface area contributed by atoms with E-state index in [-0.39, 0.29) is 0 Å². The molecule has 2 aromatic rings. The number of fused-ring (bicyclic) bond motifs is 1. The van der Waals surface area contributed by atoms with Gasteiger partial charge in [0, 0.05) is 25.1 Å². The summed E-state index contributed by atoms with van der Waals surface area (Å²) in [7, 11) is 3.59. The Hall–Kier alpha value is -1.65. The molecule has 2 rings (SSSR count). The summed E-state index contributed by atoms with van der Waals surface area (Å²) in [6.45, 7) is 1.88. The largest absolute Gasteiger partial charge is 0.475 e. The van der Waals surface area contributed by atoms with Gasteiger partial charge in [-0.15, -0.1) is 0 Å². The maximum Gasteiger partial charge on any atom is 0.214 e.